The Morgan fingerprint density at radius 2 is 2.42 bits per heavy atom. The van der Waals surface area contributed by atoms with Crippen LogP contribution in [0.25, 0.3) is 0 Å². The van der Waals surface area contributed by atoms with Gasteiger partial charge in [-0.3, -0.25) is 0 Å². The molecule has 0 saturated carbocycles. The molecular weight excluding hydrogens is 152 g/mol. The molecule has 0 aliphatic carbocycles. The summed E-state index contributed by atoms with van der Waals surface area (Å²) >= 11 is 0. The van der Waals surface area contributed by atoms with Gasteiger partial charge in [-0.15, -0.1) is 0 Å². The SMILES string of the molecule is C/C1=C/COC[C@]2(C)O[C@H]2CC1. The first-order chi connectivity index (χ1) is 5.71. The molecule has 0 spiro atoms. The fourth-order valence-electron chi connectivity index (χ4n) is 1.71. The van der Waals surface area contributed by atoms with Crippen LogP contribution in [0.15, 0.2) is 11.6 Å². The van der Waals surface area contributed by atoms with Gasteiger partial charge < -0.3 is 9.47 Å². The van der Waals surface area contributed by atoms with Crippen LogP contribution in [0.3, 0.4) is 0 Å². The molecule has 2 rings (SSSR count). The van der Waals surface area contributed by atoms with E-state index < -0.39 is 0 Å². The summed E-state index contributed by atoms with van der Waals surface area (Å²) in [6.45, 7) is 5.80. The molecule has 12 heavy (non-hydrogen) atoms. The summed E-state index contributed by atoms with van der Waals surface area (Å²) in [4.78, 5) is 0. The Kier molecular flexibility index (Phi) is 1.97. The topological polar surface area (TPSA) is 21.8 Å². The summed E-state index contributed by atoms with van der Waals surface area (Å²) in [7, 11) is 0. The van der Waals surface area contributed by atoms with Gasteiger partial charge in [0.25, 0.3) is 0 Å². The van der Waals surface area contributed by atoms with Gasteiger partial charge in [0.15, 0.2) is 0 Å². The van der Waals surface area contributed by atoms with Crippen molar-refractivity contribution in [3.05, 3.63) is 11.6 Å². The van der Waals surface area contributed by atoms with Gasteiger partial charge in [-0.2, -0.15) is 0 Å². The van der Waals surface area contributed by atoms with E-state index >= 15 is 0 Å². The fourth-order valence-corrected chi connectivity index (χ4v) is 1.71. The Morgan fingerprint density at radius 1 is 1.58 bits per heavy atom. The van der Waals surface area contributed by atoms with Gasteiger partial charge >= 0.3 is 0 Å². The Balaban J connectivity index is 1.97. The number of rotatable bonds is 0. The summed E-state index contributed by atoms with van der Waals surface area (Å²) in [6, 6.07) is 0. The maximum atomic E-state index is 5.58. The molecule has 2 heterocycles. The Labute approximate surface area is 73.5 Å². The average molecular weight is 168 g/mol. The van der Waals surface area contributed by atoms with Crippen molar-refractivity contribution in [1.29, 1.82) is 0 Å². The predicted molar refractivity (Wildman–Crippen MR) is 47.1 cm³/mol. The van der Waals surface area contributed by atoms with E-state index in [1.54, 1.807) is 0 Å². The van der Waals surface area contributed by atoms with E-state index in [0.717, 1.165) is 26.1 Å². The van der Waals surface area contributed by atoms with Crippen molar-refractivity contribution in [3.63, 3.8) is 0 Å². The van der Waals surface area contributed by atoms with Crippen LogP contribution in [0.1, 0.15) is 26.7 Å². The van der Waals surface area contributed by atoms with E-state index in [9.17, 15) is 0 Å². The second-order valence-corrected chi connectivity index (χ2v) is 4.02. The van der Waals surface area contributed by atoms with Gasteiger partial charge in [0.2, 0.25) is 0 Å². The Bertz CT molecular complexity index is 210. The van der Waals surface area contributed by atoms with Crippen LogP contribution in [0, 0.1) is 0 Å². The third kappa shape index (κ3) is 1.54. The van der Waals surface area contributed by atoms with Crippen molar-refractivity contribution in [3.8, 4) is 0 Å². The summed E-state index contributed by atoms with van der Waals surface area (Å²) in [5, 5.41) is 0. The number of allylic oxidation sites excluding steroid dienone is 1. The zero-order valence-electron chi connectivity index (χ0n) is 7.80. The maximum Gasteiger partial charge on any atom is 0.115 e. The lowest BCUT2D eigenvalue weighted by molar-refractivity contribution is 0.105. The van der Waals surface area contributed by atoms with Gasteiger partial charge in [0.1, 0.15) is 5.60 Å². The van der Waals surface area contributed by atoms with E-state index in [-0.39, 0.29) is 5.60 Å². The zero-order chi connectivity index (χ0) is 8.60. The molecule has 2 aliphatic rings. The number of hydrogen-bond donors (Lipinski definition) is 0. The van der Waals surface area contributed by atoms with Crippen LogP contribution in [0.4, 0.5) is 0 Å². The van der Waals surface area contributed by atoms with E-state index in [1.165, 1.54) is 5.57 Å². The third-order valence-electron chi connectivity index (χ3n) is 2.77. The van der Waals surface area contributed by atoms with Gasteiger partial charge in [0.05, 0.1) is 19.3 Å². The van der Waals surface area contributed by atoms with Crippen LogP contribution in [-0.2, 0) is 9.47 Å². The minimum atomic E-state index is 0.0401. The minimum Gasteiger partial charge on any atom is -0.374 e. The third-order valence-corrected chi connectivity index (χ3v) is 2.77. The lowest BCUT2D eigenvalue weighted by Crippen LogP contribution is -2.17. The summed E-state index contributed by atoms with van der Waals surface area (Å²) in [5.41, 5.74) is 1.47. The molecular formula is C10H16O2. The number of fused-ring (bicyclic) bond motifs is 1. The molecule has 68 valence electrons. The van der Waals surface area contributed by atoms with Gasteiger partial charge in [-0.1, -0.05) is 11.6 Å². The second-order valence-electron chi connectivity index (χ2n) is 4.02. The van der Waals surface area contributed by atoms with Crippen LogP contribution >= 0.6 is 0 Å². The van der Waals surface area contributed by atoms with Crippen LogP contribution in [-0.4, -0.2) is 24.9 Å². The van der Waals surface area contributed by atoms with E-state index in [2.05, 4.69) is 19.9 Å². The lowest BCUT2D eigenvalue weighted by atomic mass is 10.0. The van der Waals surface area contributed by atoms with Gasteiger partial charge in [-0.25, -0.2) is 0 Å². The monoisotopic (exact) mass is 168 g/mol. The summed E-state index contributed by atoms with van der Waals surface area (Å²) in [5.74, 6) is 0. The molecule has 0 bridgehead atoms. The highest BCUT2D eigenvalue weighted by Crippen LogP contribution is 2.40. The largest absolute Gasteiger partial charge is 0.374 e. The van der Waals surface area contributed by atoms with Gasteiger partial charge in [-0.05, 0) is 26.7 Å². The molecule has 1 saturated heterocycles. The fraction of sp³-hybridized carbons (Fsp3) is 0.800. The molecule has 2 nitrogen and oxygen atoms in total. The number of ether oxygens (including phenoxy) is 2. The number of hydrogen-bond acceptors (Lipinski definition) is 2. The molecule has 0 amide bonds. The smallest absolute Gasteiger partial charge is 0.115 e. The average Bonchev–Trinajstić information content (AvgIpc) is 2.67. The molecule has 0 aromatic rings. The predicted octanol–water partition coefficient (Wildman–Crippen LogP) is 1.90. The van der Waals surface area contributed by atoms with E-state index in [1.807, 2.05) is 0 Å². The molecule has 0 aromatic carbocycles. The molecule has 2 aliphatic heterocycles. The van der Waals surface area contributed by atoms with Crippen molar-refractivity contribution in [2.24, 2.45) is 0 Å². The van der Waals surface area contributed by atoms with Crippen molar-refractivity contribution in [1.82, 2.24) is 0 Å². The van der Waals surface area contributed by atoms with Gasteiger partial charge in [0, 0.05) is 0 Å². The first kappa shape index (κ1) is 8.27. The molecule has 0 unspecified atom stereocenters. The second kappa shape index (κ2) is 2.86. The zero-order valence-corrected chi connectivity index (χ0v) is 7.80. The lowest BCUT2D eigenvalue weighted by Gasteiger charge is -2.04. The Morgan fingerprint density at radius 3 is 3.25 bits per heavy atom. The maximum absolute atomic E-state index is 5.58. The van der Waals surface area contributed by atoms with Crippen LogP contribution < -0.4 is 0 Å². The molecule has 0 radical (unpaired) electrons. The Hall–Kier alpha value is -0.340. The minimum absolute atomic E-state index is 0.0401. The normalized spacial score (nSPS) is 46.2. The molecule has 0 aromatic heterocycles. The van der Waals surface area contributed by atoms with Crippen molar-refractivity contribution in [2.45, 2.75) is 38.4 Å². The van der Waals surface area contributed by atoms with Crippen LogP contribution in [0.2, 0.25) is 0 Å². The molecule has 2 heteroatoms. The summed E-state index contributed by atoms with van der Waals surface area (Å²) in [6.07, 6.45) is 4.93. The first-order valence-electron chi connectivity index (χ1n) is 4.62. The van der Waals surface area contributed by atoms with E-state index in [4.69, 9.17) is 9.47 Å². The molecule has 0 N–H and O–H groups in total. The van der Waals surface area contributed by atoms with Crippen molar-refractivity contribution in [2.75, 3.05) is 13.2 Å². The van der Waals surface area contributed by atoms with Crippen molar-refractivity contribution >= 4 is 0 Å². The standard InChI is InChI=1S/C10H16O2/c1-8-3-4-9-10(2,12-9)7-11-6-5-8/h5,9H,3-4,6-7H2,1-2H3/b8-5-/t9-,10-/m0/s1. The molecule has 1 fully saturated rings. The highest BCUT2D eigenvalue weighted by atomic mass is 16.6. The van der Waals surface area contributed by atoms with Crippen molar-refractivity contribution < 1.29 is 9.47 Å². The molecule has 2 atom stereocenters. The highest BCUT2D eigenvalue weighted by molar-refractivity contribution is 5.06. The number of epoxide rings is 1. The van der Waals surface area contributed by atoms with Crippen LogP contribution in [0.5, 0.6) is 0 Å². The quantitative estimate of drug-likeness (QED) is 0.407. The first-order valence-corrected chi connectivity index (χ1v) is 4.62. The van der Waals surface area contributed by atoms with E-state index in [0.29, 0.717) is 6.10 Å². The highest BCUT2D eigenvalue weighted by Gasteiger charge is 2.51. The summed E-state index contributed by atoms with van der Waals surface area (Å²) < 4.78 is 11.1.